The van der Waals surface area contributed by atoms with Crippen molar-refractivity contribution in [2.75, 3.05) is 13.2 Å². The van der Waals surface area contributed by atoms with Gasteiger partial charge in [0.25, 0.3) is 0 Å². The van der Waals surface area contributed by atoms with Crippen LogP contribution in [0.5, 0.6) is 0 Å². The Morgan fingerprint density at radius 3 is 2.64 bits per heavy atom. The Labute approximate surface area is 89.8 Å². The van der Waals surface area contributed by atoms with Crippen molar-refractivity contribution in [3.63, 3.8) is 0 Å². The molecule has 0 atom stereocenters. The van der Waals surface area contributed by atoms with E-state index in [4.69, 9.17) is 4.74 Å². The molecular formula is C10H10BrFO2. The van der Waals surface area contributed by atoms with Gasteiger partial charge in [0.1, 0.15) is 11.4 Å². The van der Waals surface area contributed by atoms with Gasteiger partial charge in [-0.25, -0.2) is 4.39 Å². The van der Waals surface area contributed by atoms with Gasteiger partial charge in [-0.05, 0) is 46.1 Å². The van der Waals surface area contributed by atoms with Crippen molar-refractivity contribution in [2.45, 2.75) is 12.5 Å². The third kappa shape index (κ3) is 1.47. The summed E-state index contributed by atoms with van der Waals surface area (Å²) >= 11 is 3.10. The summed E-state index contributed by atoms with van der Waals surface area (Å²) in [5.74, 6) is -0.310. The van der Waals surface area contributed by atoms with Crippen LogP contribution in [0.4, 0.5) is 4.39 Å². The lowest BCUT2D eigenvalue weighted by molar-refractivity contribution is -0.185. The van der Waals surface area contributed by atoms with Gasteiger partial charge >= 0.3 is 0 Å². The number of rotatable bonds is 1. The first-order valence-electron chi connectivity index (χ1n) is 4.29. The molecule has 1 aliphatic heterocycles. The Morgan fingerprint density at radius 2 is 2.14 bits per heavy atom. The van der Waals surface area contributed by atoms with Gasteiger partial charge in [-0.1, -0.05) is 0 Å². The molecule has 0 aromatic heterocycles. The molecule has 0 saturated carbocycles. The van der Waals surface area contributed by atoms with E-state index in [0.717, 1.165) is 11.1 Å². The lowest BCUT2D eigenvalue weighted by atomic mass is 9.89. The van der Waals surface area contributed by atoms with Crippen molar-refractivity contribution in [1.29, 1.82) is 0 Å². The third-order valence-corrected chi connectivity index (χ3v) is 3.06. The van der Waals surface area contributed by atoms with Gasteiger partial charge in [0, 0.05) is 0 Å². The van der Waals surface area contributed by atoms with Crippen LogP contribution < -0.4 is 0 Å². The summed E-state index contributed by atoms with van der Waals surface area (Å²) in [5.41, 5.74) is 0.550. The predicted molar refractivity (Wildman–Crippen MR) is 53.6 cm³/mol. The summed E-state index contributed by atoms with van der Waals surface area (Å²) < 4.78 is 18.4. The van der Waals surface area contributed by atoms with Gasteiger partial charge in [-0.15, -0.1) is 0 Å². The van der Waals surface area contributed by atoms with E-state index >= 15 is 0 Å². The summed E-state index contributed by atoms with van der Waals surface area (Å²) in [6, 6.07) is 3.03. The minimum atomic E-state index is -0.930. The van der Waals surface area contributed by atoms with Crippen LogP contribution in [0.15, 0.2) is 16.6 Å². The molecule has 2 rings (SSSR count). The fourth-order valence-electron chi connectivity index (χ4n) is 1.60. The van der Waals surface area contributed by atoms with Crippen LogP contribution in [-0.2, 0) is 10.3 Å². The predicted octanol–water partition coefficient (Wildman–Crippen LogP) is 2.11. The molecule has 1 saturated heterocycles. The van der Waals surface area contributed by atoms with Crippen molar-refractivity contribution < 1.29 is 14.2 Å². The second-order valence-electron chi connectivity index (χ2n) is 3.61. The molecule has 0 unspecified atom stereocenters. The SMILES string of the molecule is Cc1cc(F)c(Br)cc1C1(O)COC1. The maximum absolute atomic E-state index is 13.1. The van der Waals surface area contributed by atoms with Gasteiger partial charge in [-0.3, -0.25) is 0 Å². The van der Waals surface area contributed by atoms with Crippen molar-refractivity contribution in [2.24, 2.45) is 0 Å². The van der Waals surface area contributed by atoms with Crippen LogP contribution in [0, 0.1) is 12.7 Å². The molecule has 2 nitrogen and oxygen atoms in total. The Kier molecular flexibility index (Phi) is 2.37. The van der Waals surface area contributed by atoms with E-state index in [1.807, 2.05) is 0 Å². The number of hydrogen-bond acceptors (Lipinski definition) is 2. The molecule has 1 N–H and O–H groups in total. The number of aryl methyl sites for hydroxylation is 1. The molecule has 4 heteroatoms. The van der Waals surface area contributed by atoms with Crippen LogP contribution in [0.2, 0.25) is 0 Å². The molecule has 76 valence electrons. The second-order valence-corrected chi connectivity index (χ2v) is 4.46. The summed E-state index contributed by atoms with van der Waals surface area (Å²) in [5, 5.41) is 10.0. The number of halogens is 2. The molecule has 0 amide bonds. The van der Waals surface area contributed by atoms with E-state index in [2.05, 4.69) is 15.9 Å². The highest BCUT2D eigenvalue weighted by Crippen LogP contribution is 2.34. The van der Waals surface area contributed by atoms with E-state index in [0.29, 0.717) is 4.47 Å². The standard InChI is InChI=1S/C10H10BrFO2/c1-6-2-9(12)8(11)3-7(6)10(13)4-14-5-10/h2-3,13H,4-5H2,1H3. The average Bonchev–Trinajstić information content (AvgIpc) is 2.07. The summed E-state index contributed by atoms with van der Waals surface area (Å²) in [6.45, 7) is 2.35. The molecule has 0 radical (unpaired) electrons. The fourth-order valence-corrected chi connectivity index (χ4v) is 1.94. The molecule has 0 aliphatic carbocycles. The zero-order chi connectivity index (χ0) is 10.3. The molecule has 1 aromatic carbocycles. The lowest BCUT2D eigenvalue weighted by Gasteiger charge is -2.37. The van der Waals surface area contributed by atoms with Crippen molar-refractivity contribution in [3.05, 3.63) is 33.5 Å². The summed E-state index contributed by atoms with van der Waals surface area (Å²) in [4.78, 5) is 0. The maximum atomic E-state index is 13.1. The average molecular weight is 261 g/mol. The first-order valence-corrected chi connectivity index (χ1v) is 5.08. The molecule has 1 aromatic rings. The Morgan fingerprint density at radius 1 is 1.50 bits per heavy atom. The molecule has 0 spiro atoms. The Hall–Kier alpha value is -0.450. The molecule has 0 bridgehead atoms. The van der Waals surface area contributed by atoms with Crippen LogP contribution >= 0.6 is 15.9 Å². The largest absolute Gasteiger partial charge is 0.380 e. The van der Waals surface area contributed by atoms with Crippen LogP contribution in [0.1, 0.15) is 11.1 Å². The van der Waals surface area contributed by atoms with E-state index < -0.39 is 5.60 Å². The zero-order valence-electron chi connectivity index (χ0n) is 7.68. The highest BCUT2D eigenvalue weighted by Gasteiger charge is 2.39. The first-order chi connectivity index (χ1) is 6.53. The molecule has 1 heterocycles. The van der Waals surface area contributed by atoms with Crippen molar-refractivity contribution in [3.8, 4) is 0 Å². The Balaban J connectivity index is 2.48. The zero-order valence-corrected chi connectivity index (χ0v) is 9.27. The number of ether oxygens (including phenoxy) is 1. The topological polar surface area (TPSA) is 29.5 Å². The minimum absolute atomic E-state index is 0.284. The molecular weight excluding hydrogens is 251 g/mol. The van der Waals surface area contributed by atoms with Gasteiger partial charge in [0.15, 0.2) is 0 Å². The number of benzene rings is 1. The van der Waals surface area contributed by atoms with E-state index in [1.165, 1.54) is 6.07 Å². The molecule has 1 fully saturated rings. The molecule has 14 heavy (non-hydrogen) atoms. The van der Waals surface area contributed by atoms with E-state index in [-0.39, 0.29) is 19.0 Å². The Bertz CT molecular complexity index is 375. The van der Waals surface area contributed by atoms with Gasteiger partial charge < -0.3 is 9.84 Å². The smallest absolute Gasteiger partial charge is 0.137 e. The van der Waals surface area contributed by atoms with E-state index in [9.17, 15) is 9.50 Å². The quantitative estimate of drug-likeness (QED) is 0.839. The summed E-state index contributed by atoms with van der Waals surface area (Å²) in [6.07, 6.45) is 0. The van der Waals surface area contributed by atoms with Gasteiger partial charge in [0.05, 0.1) is 17.7 Å². The van der Waals surface area contributed by atoms with Crippen molar-refractivity contribution in [1.82, 2.24) is 0 Å². The van der Waals surface area contributed by atoms with Gasteiger partial charge in [0.2, 0.25) is 0 Å². The highest BCUT2D eigenvalue weighted by molar-refractivity contribution is 9.10. The first kappa shape index (κ1) is 10.1. The minimum Gasteiger partial charge on any atom is -0.380 e. The normalized spacial score (nSPS) is 19.1. The van der Waals surface area contributed by atoms with Crippen LogP contribution in [0.3, 0.4) is 0 Å². The molecule has 1 aliphatic rings. The lowest BCUT2D eigenvalue weighted by Crippen LogP contribution is -2.47. The van der Waals surface area contributed by atoms with Crippen LogP contribution in [0.25, 0.3) is 0 Å². The number of hydrogen-bond donors (Lipinski definition) is 1. The van der Waals surface area contributed by atoms with E-state index in [1.54, 1.807) is 13.0 Å². The maximum Gasteiger partial charge on any atom is 0.137 e. The van der Waals surface area contributed by atoms with Crippen molar-refractivity contribution >= 4 is 15.9 Å². The highest BCUT2D eigenvalue weighted by atomic mass is 79.9. The number of aliphatic hydroxyl groups is 1. The summed E-state index contributed by atoms with van der Waals surface area (Å²) in [7, 11) is 0. The van der Waals surface area contributed by atoms with Crippen LogP contribution in [-0.4, -0.2) is 18.3 Å². The van der Waals surface area contributed by atoms with Gasteiger partial charge in [-0.2, -0.15) is 0 Å². The monoisotopic (exact) mass is 260 g/mol. The third-order valence-electron chi connectivity index (χ3n) is 2.45. The second kappa shape index (κ2) is 3.29. The fraction of sp³-hybridized carbons (Fsp3) is 0.400.